The van der Waals surface area contributed by atoms with E-state index in [4.69, 9.17) is 11.6 Å². The molecule has 0 unspecified atom stereocenters. The van der Waals surface area contributed by atoms with Gasteiger partial charge in [0, 0.05) is 5.02 Å². The molecule has 0 fully saturated rings. The van der Waals surface area contributed by atoms with Gasteiger partial charge in [0.05, 0.1) is 12.1 Å². The summed E-state index contributed by atoms with van der Waals surface area (Å²) in [5, 5.41) is 4.61. The van der Waals surface area contributed by atoms with Crippen molar-refractivity contribution >= 4 is 29.3 Å². The van der Waals surface area contributed by atoms with E-state index in [1.807, 2.05) is 37.3 Å². The largest absolute Gasteiger partial charge is 0.273 e. The molecule has 1 N–H and O–H groups in total. The first-order chi connectivity index (χ1) is 7.65. The SMILES string of the molecule is CC1=NNC(=O)C/C1=C\c1cccc(Cl)c1. The molecule has 1 aromatic carbocycles. The van der Waals surface area contributed by atoms with Crippen molar-refractivity contribution < 1.29 is 4.79 Å². The van der Waals surface area contributed by atoms with Crippen molar-refractivity contribution in [1.82, 2.24) is 5.43 Å². The molecule has 3 nitrogen and oxygen atoms in total. The zero-order valence-electron chi connectivity index (χ0n) is 8.83. The third-order valence-electron chi connectivity index (χ3n) is 2.35. The minimum Gasteiger partial charge on any atom is -0.273 e. The lowest BCUT2D eigenvalue weighted by molar-refractivity contribution is -0.120. The van der Waals surface area contributed by atoms with E-state index in [9.17, 15) is 4.79 Å². The van der Waals surface area contributed by atoms with Crippen molar-refractivity contribution in [2.24, 2.45) is 5.10 Å². The van der Waals surface area contributed by atoms with Gasteiger partial charge < -0.3 is 0 Å². The third kappa shape index (κ3) is 2.49. The summed E-state index contributed by atoms with van der Waals surface area (Å²) in [4.78, 5) is 11.2. The van der Waals surface area contributed by atoms with Gasteiger partial charge in [0.2, 0.25) is 5.91 Å². The lowest BCUT2D eigenvalue weighted by atomic mass is 10.0. The molecule has 0 atom stereocenters. The van der Waals surface area contributed by atoms with Gasteiger partial charge in [-0.05, 0) is 36.3 Å². The molecule has 82 valence electrons. The van der Waals surface area contributed by atoms with Crippen LogP contribution >= 0.6 is 11.6 Å². The topological polar surface area (TPSA) is 41.5 Å². The number of carbonyl (C=O) groups is 1. The van der Waals surface area contributed by atoms with Crippen LogP contribution in [-0.2, 0) is 4.79 Å². The van der Waals surface area contributed by atoms with Crippen LogP contribution < -0.4 is 5.43 Å². The molecule has 0 spiro atoms. The van der Waals surface area contributed by atoms with Gasteiger partial charge in [0.1, 0.15) is 0 Å². The van der Waals surface area contributed by atoms with Crippen LogP contribution in [0.15, 0.2) is 34.9 Å². The highest BCUT2D eigenvalue weighted by molar-refractivity contribution is 6.30. The molecule has 0 saturated carbocycles. The molecule has 0 aromatic heterocycles. The summed E-state index contributed by atoms with van der Waals surface area (Å²) in [6.45, 7) is 1.87. The molecule has 0 aliphatic carbocycles. The maximum Gasteiger partial charge on any atom is 0.244 e. The minimum atomic E-state index is -0.0844. The van der Waals surface area contributed by atoms with Crippen LogP contribution in [0.5, 0.6) is 0 Å². The third-order valence-corrected chi connectivity index (χ3v) is 2.59. The first-order valence-corrected chi connectivity index (χ1v) is 5.32. The van der Waals surface area contributed by atoms with Crippen LogP contribution in [0.4, 0.5) is 0 Å². The van der Waals surface area contributed by atoms with E-state index in [0.29, 0.717) is 11.4 Å². The maximum absolute atomic E-state index is 11.2. The average molecular weight is 235 g/mol. The number of amides is 1. The van der Waals surface area contributed by atoms with Gasteiger partial charge in [0.25, 0.3) is 0 Å². The fourth-order valence-electron chi connectivity index (χ4n) is 1.51. The molecule has 4 heteroatoms. The molecule has 1 heterocycles. The summed E-state index contributed by atoms with van der Waals surface area (Å²) in [5.74, 6) is -0.0844. The minimum absolute atomic E-state index is 0.0844. The van der Waals surface area contributed by atoms with E-state index < -0.39 is 0 Å². The highest BCUT2D eigenvalue weighted by Gasteiger charge is 2.13. The van der Waals surface area contributed by atoms with E-state index in [1.54, 1.807) is 0 Å². The molecule has 1 aliphatic heterocycles. The van der Waals surface area contributed by atoms with Crippen LogP contribution in [0.2, 0.25) is 5.02 Å². The van der Waals surface area contributed by atoms with Crippen molar-refractivity contribution in [2.75, 3.05) is 0 Å². The number of nitrogens with one attached hydrogen (secondary N) is 1. The fraction of sp³-hybridized carbons (Fsp3) is 0.167. The highest BCUT2D eigenvalue weighted by atomic mass is 35.5. The normalized spacial score (nSPS) is 18.2. The Morgan fingerprint density at radius 2 is 2.31 bits per heavy atom. The first-order valence-electron chi connectivity index (χ1n) is 4.95. The molecule has 0 saturated heterocycles. The Hall–Kier alpha value is -1.61. The van der Waals surface area contributed by atoms with E-state index in [-0.39, 0.29) is 5.91 Å². The number of hydrazone groups is 1. The molecular weight excluding hydrogens is 224 g/mol. The Kier molecular flexibility index (Phi) is 3.06. The van der Waals surface area contributed by atoms with E-state index >= 15 is 0 Å². The summed E-state index contributed by atoms with van der Waals surface area (Å²) in [6.07, 6.45) is 2.30. The molecule has 0 bridgehead atoms. The van der Waals surface area contributed by atoms with Gasteiger partial charge in [0.15, 0.2) is 0 Å². The van der Waals surface area contributed by atoms with Crippen molar-refractivity contribution in [2.45, 2.75) is 13.3 Å². The summed E-state index contributed by atoms with van der Waals surface area (Å²) < 4.78 is 0. The van der Waals surface area contributed by atoms with Gasteiger partial charge >= 0.3 is 0 Å². The van der Waals surface area contributed by atoms with Gasteiger partial charge in [-0.15, -0.1) is 0 Å². The molecule has 16 heavy (non-hydrogen) atoms. The quantitative estimate of drug-likeness (QED) is 0.798. The Balaban J connectivity index is 2.33. The number of hydrogen-bond donors (Lipinski definition) is 1. The second-order valence-corrected chi connectivity index (χ2v) is 4.07. The summed E-state index contributed by atoms with van der Waals surface area (Å²) in [6, 6.07) is 7.50. The molecule has 1 aliphatic rings. The number of rotatable bonds is 1. The van der Waals surface area contributed by atoms with Gasteiger partial charge in [-0.1, -0.05) is 23.7 Å². The molecule has 1 aromatic rings. The highest BCUT2D eigenvalue weighted by Crippen LogP contribution is 2.17. The van der Waals surface area contributed by atoms with Gasteiger partial charge in [-0.2, -0.15) is 5.10 Å². The van der Waals surface area contributed by atoms with Gasteiger partial charge in [-0.3, -0.25) is 4.79 Å². The predicted octanol–water partition coefficient (Wildman–Crippen LogP) is 2.62. The summed E-state index contributed by atoms with van der Waals surface area (Å²) in [5.41, 5.74) is 5.17. The van der Waals surface area contributed by atoms with E-state index in [1.165, 1.54) is 0 Å². The summed E-state index contributed by atoms with van der Waals surface area (Å²) in [7, 11) is 0. The smallest absolute Gasteiger partial charge is 0.244 e. The van der Waals surface area contributed by atoms with Crippen LogP contribution in [0.25, 0.3) is 6.08 Å². The Bertz CT molecular complexity index is 492. The summed E-state index contributed by atoms with van der Waals surface area (Å²) >= 11 is 5.89. The first kappa shape index (κ1) is 10.9. The second kappa shape index (κ2) is 4.49. The zero-order chi connectivity index (χ0) is 11.5. The molecule has 2 rings (SSSR count). The van der Waals surface area contributed by atoms with Gasteiger partial charge in [-0.25, -0.2) is 5.43 Å². The average Bonchev–Trinajstić information content (AvgIpc) is 2.24. The molecule has 1 amide bonds. The number of hydrogen-bond acceptors (Lipinski definition) is 2. The van der Waals surface area contributed by atoms with Crippen LogP contribution in [0, 0.1) is 0 Å². The standard InChI is InChI=1S/C12H11ClN2O/c1-8-10(7-12(16)15-14-8)5-9-3-2-4-11(13)6-9/h2-6H,7H2,1H3,(H,15,16)/b10-5+. The number of halogens is 1. The van der Waals surface area contributed by atoms with Crippen molar-refractivity contribution in [3.8, 4) is 0 Å². The second-order valence-electron chi connectivity index (χ2n) is 3.63. The lowest BCUT2D eigenvalue weighted by Crippen LogP contribution is -2.26. The Labute approximate surface area is 98.8 Å². The van der Waals surface area contributed by atoms with Crippen molar-refractivity contribution in [1.29, 1.82) is 0 Å². The van der Waals surface area contributed by atoms with Crippen LogP contribution in [-0.4, -0.2) is 11.6 Å². The predicted molar refractivity (Wildman–Crippen MR) is 65.3 cm³/mol. The number of benzene rings is 1. The number of carbonyl (C=O) groups excluding carboxylic acids is 1. The van der Waals surface area contributed by atoms with Crippen molar-refractivity contribution in [3.63, 3.8) is 0 Å². The lowest BCUT2D eigenvalue weighted by Gasteiger charge is -2.12. The zero-order valence-corrected chi connectivity index (χ0v) is 9.58. The molecular formula is C12H11ClN2O. The van der Waals surface area contributed by atoms with Crippen molar-refractivity contribution in [3.05, 3.63) is 40.4 Å². The Morgan fingerprint density at radius 1 is 1.50 bits per heavy atom. The monoisotopic (exact) mass is 234 g/mol. The number of nitrogens with zero attached hydrogens (tertiary/aromatic N) is 1. The Morgan fingerprint density at radius 3 is 3.06 bits per heavy atom. The van der Waals surface area contributed by atoms with E-state index in [0.717, 1.165) is 16.8 Å². The van der Waals surface area contributed by atoms with E-state index in [2.05, 4.69) is 10.5 Å². The molecule has 0 radical (unpaired) electrons. The maximum atomic E-state index is 11.2. The fourth-order valence-corrected chi connectivity index (χ4v) is 1.71. The van der Waals surface area contributed by atoms with Crippen LogP contribution in [0.3, 0.4) is 0 Å². The van der Waals surface area contributed by atoms with Crippen LogP contribution in [0.1, 0.15) is 18.9 Å².